The van der Waals surface area contributed by atoms with E-state index < -0.39 is 0 Å². The van der Waals surface area contributed by atoms with Crippen molar-refractivity contribution in [1.29, 1.82) is 0 Å². The van der Waals surface area contributed by atoms with Crippen LogP contribution < -0.4 is 10.1 Å². The first-order valence-corrected chi connectivity index (χ1v) is 6.15. The van der Waals surface area contributed by atoms with Gasteiger partial charge in [0.05, 0.1) is 18.8 Å². The van der Waals surface area contributed by atoms with E-state index in [-0.39, 0.29) is 0 Å². The van der Waals surface area contributed by atoms with Crippen LogP contribution in [0.1, 0.15) is 13.3 Å². The number of ether oxygens (including phenoxy) is 1. The molecule has 0 saturated carbocycles. The SMILES string of the molecule is CCCNc1nsnc1-c1ccc(OC)nc1. The molecule has 17 heavy (non-hydrogen) atoms. The molecular formula is C11H14N4OS. The monoisotopic (exact) mass is 250 g/mol. The third-order valence-electron chi connectivity index (χ3n) is 2.25. The van der Waals surface area contributed by atoms with Crippen LogP contribution in [-0.2, 0) is 0 Å². The van der Waals surface area contributed by atoms with Crippen LogP contribution >= 0.6 is 11.7 Å². The summed E-state index contributed by atoms with van der Waals surface area (Å²) in [5.41, 5.74) is 1.79. The summed E-state index contributed by atoms with van der Waals surface area (Å²) in [6.45, 7) is 3.00. The Morgan fingerprint density at radius 3 is 2.88 bits per heavy atom. The van der Waals surface area contributed by atoms with Gasteiger partial charge >= 0.3 is 0 Å². The fraction of sp³-hybridized carbons (Fsp3) is 0.364. The Kier molecular flexibility index (Phi) is 3.87. The summed E-state index contributed by atoms with van der Waals surface area (Å²) in [6.07, 6.45) is 2.80. The normalized spacial score (nSPS) is 10.2. The number of pyridine rings is 1. The van der Waals surface area contributed by atoms with Gasteiger partial charge in [-0.1, -0.05) is 6.92 Å². The lowest BCUT2D eigenvalue weighted by molar-refractivity contribution is 0.398. The minimum atomic E-state index is 0.597. The van der Waals surface area contributed by atoms with Crippen molar-refractivity contribution in [2.24, 2.45) is 0 Å². The van der Waals surface area contributed by atoms with Gasteiger partial charge < -0.3 is 10.1 Å². The molecule has 0 aliphatic carbocycles. The summed E-state index contributed by atoms with van der Waals surface area (Å²) in [7, 11) is 1.60. The van der Waals surface area contributed by atoms with Gasteiger partial charge in [0.2, 0.25) is 5.88 Å². The Labute approximate surface area is 104 Å². The maximum atomic E-state index is 5.02. The highest BCUT2D eigenvalue weighted by Crippen LogP contribution is 2.26. The number of methoxy groups -OCH3 is 1. The van der Waals surface area contributed by atoms with E-state index in [0.29, 0.717) is 5.88 Å². The third-order valence-corrected chi connectivity index (χ3v) is 2.78. The first kappa shape index (κ1) is 11.8. The molecule has 0 fully saturated rings. The van der Waals surface area contributed by atoms with Gasteiger partial charge in [-0.3, -0.25) is 0 Å². The van der Waals surface area contributed by atoms with Crippen molar-refractivity contribution in [2.45, 2.75) is 13.3 Å². The molecule has 2 aromatic rings. The van der Waals surface area contributed by atoms with E-state index in [1.54, 1.807) is 13.3 Å². The maximum absolute atomic E-state index is 5.02. The molecule has 0 aliphatic rings. The molecule has 0 radical (unpaired) electrons. The van der Waals surface area contributed by atoms with Crippen LogP contribution in [0.5, 0.6) is 5.88 Å². The predicted molar refractivity (Wildman–Crippen MR) is 68.5 cm³/mol. The molecule has 5 nitrogen and oxygen atoms in total. The molecule has 0 aromatic carbocycles. The second-order valence-electron chi connectivity index (χ2n) is 3.48. The predicted octanol–water partition coefficient (Wildman–Crippen LogP) is 2.43. The summed E-state index contributed by atoms with van der Waals surface area (Å²) in [5, 5.41) is 3.25. The zero-order chi connectivity index (χ0) is 12.1. The Balaban J connectivity index is 2.23. The van der Waals surface area contributed by atoms with Crippen molar-refractivity contribution in [1.82, 2.24) is 13.7 Å². The molecule has 2 aromatic heterocycles. The van der Waals surface area contributed by atoms with Crippen molar-refractivity contribution in [3.05, 3.63) is 18.3 Å². The summed E-state index contributed by atoms with van der Waals surface area (Å²) in [6, 6.07) is 3.75. The zero-order valence-electron chi connectivity index (χ0n) is 9.80. The van der Waals surface area contributed by atoms with Crippen LogP contribution in [0.25, 0.3) is 11.3 Å². The molecule has 2 rings (SSSR count). The van der Waals surface area contributed by atoms with Crippen molar-refractivity contribution in [3.8, 4) is 17.1 Å². The Hall–Kier alpha value is -1.69. The summed E-state index contributed by atoms with van der Waals surface area (Å²) >= 11 is 1.20. The number of hydrogen-bond donors (Lipinski definition) is 1. The van der Waals surface area contributed by atoms with Gasteiger partial charge in [0.1, 0.15) is 5.69 Å². The molecule has 0 saturated heterocycles. The van der Waals surface area contributed by atoms with Gasteiger partial charge in [0.25, 0.3) is 0 Å². The molecule has 1 N–H and O–H groups in total. The molecule has 0 atom stereocenters. The second kappa shape index (κ2) is 5.58. The van der Waals surface area contributed by atoms with Crippen LogP contribution in [0.2, 0.25) is 0 Å². The summed E-state index contributed by atoms with van der Waals surface area (Å²) < 4.78 is 13.5. The molecule has 0 unspecified atom stereocenters. The molecule has 6 heteroatoms. The van der Waals surface area contributed by atoms with E-state index in [0.717, 1.165) is 30.0 Å². The highest BCUT2D eigenvalue weighted by molar-refractivity contribution is 6.99. The Bertz CT molecular complexity index is 469. The Morgan fingerprint density at radius 1 is 1.35 bits per heavy atom. The fourth-order valence-corrected chi connectivity index (χ4v) is 1.93. The molecule has 0 aliphatic heterocycles. The highest BCUT2D eigenvalue weighted by atomic mass is 32.1. The van der Waals surface area contributed by atoms with Crippen LogP contribution in [0.4, 0.5) is 5.82 Å². The molecule has 0 bridgehead atoms. The molecule has 0 amide bonds. The number of nitrogens with one attached hydrogen (secondary N) is 1. The number of aromatic nitrogens is 3. The Morgan fingerprint density at radius 2 is 2.24 bits per heavy atom. The van der Waals surface area contributed by atoms with Gasteiger partial charge in [0, 0.05) is 24.4 Å². The number of anilines is 1. The van der Waals surface area contributed by atoms with Crippen molar-refractivity contribution < 1.29 is 4.74 Å². The van der Waals surface area contributed by atoms with Crippen LogP contribution in [0, 0.1) is 0 Å². The minimum Gasteiger partial charge on any atom is -0.481 e. The standard InChI is InChI=1S/C11H14N4OS/c1-3-6-12-11-10(14-17-15-11)8-4-5-9(16-2)13-7-8/h4-5,7H,3,6H2,1-2H3,(H,12,15). The lowest BCUT2D eigenvalue weighted by Crippen LogP contribution is -2.01. The van der Waals surface area contributed by atoms with E-state index in [2.05, 4.69) is 26.0 Å². The smallest absolute Gasteiger partial charge is 0.212 e. The third kappa shape index (κ3) is 2.71. The lowest BCUT2D eigenvalue weighted by Gasteiger charge is -2.03. The van der Waals surface area contributed by atoms with E-state index >= 15 is 0 Å². The average molecular weight is 250 g/mol. The van der Waals surface area contributed by atoms with E-state index in [9.17, 15) is 0 Å². The van der Waals surface area contributed by atoms with E-state index in [1.165, 1.54) is 11.7 Å². The largest absolute Gasteiger partial charge is 0.481 e. The van der Waals surface area contributed by atoms with Gasteiger partial charge in [0.15, 0.2) is 5.82 Å². The molecule has 0 spiro atoms. The molecule has 2 heterocycles. The van der Waals surface area contributed by atoms with E-state index in [4.69, 9.17) is 4.74 Å². The summed E-state index contributed by atoms with van der Waals surface area (Å²) in [4.78, 5) is 4.16. The van der Waals surface area contributed by atoms with Crippen molar-refractivity contribution in [3.63, 3.8) is 0 Å². The summed E-state index contributed by atoms with van der Waals surface area (Å²) in [5.74, 6) is 1.42. The first-order chi connectivity index (χ1) is 8.35. The maximum Gasteiger partial charge on any atom is 0.212 e. The van der Waals surface area contributed by atoms with Crippen LogP contribution in [-0.4, -0.2) is 27.4 Å². The fourth-order valence-electron chi connectivity index (χ4n) is 1.38. The van der Waals surface area contributed by atoms with Gasteiger partial charge in [-0.25, -0.2) is 4.98 Å². The van der Waals surface area contributed by atoms with Gasteiger partial charge in [-0.2, -0.15) is 8.75 Å². The quantitative estimate of drug-likeness (QED) is 0.883. The van der Waals surface area contributed by atoms with Gasteiger partial charge in [-0.05, 0) is 12.5 Å². The highest BCUT2D eigenvalue weighted by Gasteiger charge is 2.10. The topological polar surface area (TPSA) is 59.9 Å². The first-order valence-electron chi connectivity index (χ1n) is 5.42. The van der Waals surface area contributed by atoms with Crippen LogP contribution in [0.15, 0.2) is 18.3 Å². The van der Waals surface area contributed by atoms with E-state index in [1.807, 2.05) is 12.1 Å². The van der Waals surface area contributed by atoms with Crippen molar-refractivity contribution >= 4 is 17.5 Å². The zero-order valence-corrected chi connectivity index (χ0v) is 10.6. The average Bonchev–Trinajstić information content (AvgIpc) is 2.84. The molecular weight excluding hydrogens is 236 g/mol. The van der Waals surface area contributed by atoms with Crippen molar-refractivity contribution in [2.75, 3.05) is 19.0 Å². The molecule has 90 valence electrons. The van der Waals surface area contributed by atoms with Gasteiger partial charge in [-0.15, -0.1) is 0 Å². The lowest BCUT2D eigenvalue weighted by atomic mass is 10.2. The second-order valence-corrected chi connectivity index (χ2v) is 4.01. The minimum absolute atomic E-state index is 0.597. The number of nitrogens with zero attached hydrogens (tertiary/aromatic N) is 3. The van der Waals surface area contributed by atoms with Crippen LogP contribution in [0.3, 0.4) is 0 Å². The number of rotatable bonds is 5. The number of hydrogen-bond acceptors (Lipinski definition) is 6.